The van der Waals surface area contributed by atoms with Crippen molar-refractivity contribution < 1.29 is 9.90 Å². The van der Waals surface area contributed by atoms with Crippen LogP contribution in [0.3, 0.4) is 0 Å². The Kier molecular flexibility index (Phi) is 5.30. The van der Waals surface area contributed by atoms with Gasteiger partial charge in [-0.25, -0.2) is 0 Å². The Bertz CT molecular complexity index is 441. The molecule has 2 N–H and O–H groups in total. The van der Waals surface area contributed by atoms with E-state index in [-0.39, 0.29) is 23.8 Å². The molecule has 1 aliphatic carbocycles. The third kappa shape index (κ3) is 3.33. The Balaban J connectivity index is 2.06. The molecular weight excluding hydrogens is 278 g/mol. The summed E-state index contributed by atoms with van der Waals surface area (Å²) in [5.41, 5.74) is 2.11. The summed E-state index contributed by atoms with van der Waals surface area (Å²) >= 11 is 3.30. The molecule has 5 heteroatoms. The Hall–Kier alpha value is -0.520. The maximum Gasteiger partial charge on any atom is 0.252 e. The molecule has 1 aromatic heterocycles. The van der Waals surface area contributed by atoms with Crippen LogP contribution in [-0.2, 0) is 12.8 Å². The molecular formula is C14H21NO2S2. The van der Waals surface area contributed by atoms with Gasteiger partial charge >= 0.3 is 0 Å². The third-order valence-corrected chi connectivity index (χ3v) is 5.96. The quantitative estimate of drug-likeness (QED) is 0.878. The van der Waals surface area contributed by atoms with Crippen molar-refractivity contribution in [3.8, 4) is 0 Å². The van der Waals surface area contributed by atoms with Crippen LogP contribution in [0.15, 0.2) is 5.38 Å². The fraction of sp³-hybridized carbons (Fsp3) is 0.643. The molecule has 1 heterocycles. The van der Waals surface area contributed by atoms with Gasteiger partial charge in [0, 0.05) is 21.5 Å². The first-order chi connectivity index (χ1) is 9.17. The fourth-order valence-electron chi connectivity index (χ4n) is 2.50. The van der Waals surface area contributed by atoms with Crippen LogP contribution in [0.1, 0.15) is 40.6 Å². The van der Waals surface area contributed by atoms with Gasteiger partial charge in [-0.2, -0.15) is 11.8 Å². The van der Waals surface area contributed by atoms with E-state index in [4.69, 9.17) is 0 Å². The molecule has 0 radical (unpaired) electrons. The SMILES string of the molecule is CSC(CO)C(C)NC(=O)c1csc2c1CCCC2. The number of carbonyl (C=O) groups excluding carboxylic acids is 1. The minimum atomic E-state index is -0.0216. The van der Waals surface area contributed by atoms with Crippen molar-refractivity contribution in [2.75, 3.05) is 12.9 Å². The number of fused-ring (bicyclic) bond motifs is 1. The molecule has 2 atom stereocenters. The predicted octanol–water partition coefficient (Wildman–Crippen LogP) is 2.47. The lowest BCUT2D eigenvalue weighted by Gasteiger charge is -2.21. The molecule has 106 valence electrons. The summed E-state index contributed by atoms with van der Waals surface area (Å²) in [4.78, 5) is 13.7. The normalized spacial score (nSPS) is 17.6. The zero-order chi connectivity index (χ0) is 13.8. The van der Waals surface area contributed by atoms with Crippen LogP contribution >= 0.6 is 23.1 Å². The van der Waals surface area contributed by atoms with Crippen molar-refractivity contribution in [3.05, 3.63) is 21.4 Å². The van der Waals surface area contributed by atoms with Crippen molar-refractivity contribution in [1.29, 1.82) is 0 Å². The Morgan fingerprint density at radius 3 is 2.95 bits per heavy atom. The monoisotopic (exact) mass is 299 g/mol. The maximum absolute atomic E-state index is 12.3. The minimum absolute atomic E-state index is 0.0133. The number of carbonyl (C=O) groups is 1. The number of aliphatic hydroxyl groups excluding tert-OH is 1. The van der Waals surface area contributed by atoms with Crippen molar-refractivity contribution in [1.82, 2.24) is 5.32 Å². The second kappa shape index (κ2) is 6.77. The number of amides is 1. The van der Waals surface area contributed by atoms with Crippen LogP contribution in [0.4, 0.5) is 0 Å². The van der Waals surface area contributed by atoms with E-state index in [0.717, 1.165) is 18.4 Å². The molecule has 1 aliphatic rings. The number of aliphatic hydroxyl groups is 1. The summed E-state index contributed by atoms with van der Waals surface area (Å²) in [6, 6.07) is -0.0216. The molecule has 0 aromatic carbocycles. The summed E-state index contributed by atoms with van der Waals surface area (Å²) < 4.78 is 0. The van der Waals surface area contributed by atoms with Crippen molar-refractivity contribution in [2.45, 2.75) is 43.9 Å². The van der Waals surface area contributed by atoms with Gasteiger partial charge in [-0.3, -0.25) is 4.79 Å². The number of rotatable bonds is 5. The van der Waals surface area contributed by atoms with Gasteiger partial charge < -0.3 is 10.4 Å². The molecule has 0 fully saturated rings. The van der Waals surface area contributed by atoms with E-state index in [9.17, 15) is 9.90 Å². The summed E-state index contributed by atoms with van der Waals surface area (Å²) in [7, 11) is 0. The molecule has 0 aliphatic heterocycles. The summed E-state index contributed by atoms with van der Waals surface area (Å²) in [5.74, 6) is 0.0133. The highest BCUT2D eigenvalue weighted by atomic mass is 32.2. The minimum Gasteiger partial charge on any atom is -0.395 e. The molecule has 1 aromatic rings. The smallest absolute Gasteiger partial charge is 0.252 e. The summed E-state index contributed by atoms with van der Waals surface area (Å²) in [5, 5.41) is 14.3. The highest BCUT2D eigenvalue weighted by molar-refractivity contribution is 7.99. The van der Waals surface area contributed by atoms with Gasteiger partial charge in [0.05, 0.1) is 12.2 Å². The molecule has 2 unspecified atom stereocenters. The van der Waals surface area contributed by atoms with Crippen LogP contribution < -0.4 is 5.32 Å². The summed E-state index contributed by atoms with van der Waals surface area (Å²) in [6.45, 7) is 2.04. The lowest BCUT2D eigenvalue weighted by molar-refractivity contribution is 0.0935. The Morgan fingerprint density at radius 1 is 1.53 bits per heavy atom. The highest BCUT2D eigenvalue weighted by Crippen LogP contribution is 2.30. The van der Waals surface area contributed by atoms with Crippen LogP contribution in [0, 0.1) is 0 Å². The Labute approximate surface area is 122 Å². The van der Waals surface area contributed by atoms with Crippen LogP contribution in [-0.4, -0.2) is 35.2 Å². The van der Waals surface area contributed by atoms with Crippen LogP contribution in [0.2, 0.25) is 0 Å². The maximum atomic E-state index is 12.3. The average molecular weight is 299 g/mol. The number of hydrogen-bond donors (Lipinski definition) is 2. The van der Waals surface area contributed by atoms with Crippen molar-refractivity contribution >= 4 is 29.0 Å². The van der Waals surface area contributed by atoms with Gasteiger partial charge in [-0.1, -0.05) is 0 Å². The van der Waals surface area contributed by atoms with Crippen molar-refractivity contribution in [2.24, 2.45) is 0 Å². The number of hydrogen-bond acceptors (Lipinski definition) is 4. The zero-order valence-electron chi connectivity index (χ0n) is 11.4. The molecule has 0 bridgehead atoms. The van der Waals surface area contributed by atoms with E-state index in [1.807, 2.05) is 18.6 Å². The standard InChI is InChI=1S/C14H21NO2S2/c1-9(13(7-16)18-2)15-14(17)11-8-19-12-6-4-3-5-10(11)12/h8-9,13,16H,3-7H2,1-2H3,(H,15,17). The second-order valence-electron chi connectivity index (χ2n) is 4.98. The third-order valence-electron chi connectivity index (χ3n) is 3.71. The molecule has 1 amide bonds. The molecule has 0 saturated carbocycles. The number of thiophene rings is 1. The lowest BCUT2D eigenvalue weighted by Crippen LogP contribution is -2.41. The fourth-order valence-corrected chi connectivity index (χ4v) is 4.25. The van der Waals surface area contributed by atoms with Gasteiger partial charge in [0.15, 0.2) is 0 Å². The largest absolute Gasteiger partial charge is 0.395 e. The molecule has 19 heavy (non-hydrogen) atoms. The number of aryl methyl sites for hydroxylation is 1. The first kappa shape index (κ1) is 14.9. The lowest BCUT2D eigenvalue weighted by atomic mass is 9.95. The highest BCUT2D eigenvalue weighted by Gasteiger charge is 2.23. The Morgan fingerprint density at radius 2 is 2.26 bits per heavy atom. The molecule has 0 saturated heterocycles. The number of thioether (sulfide) groups is 1. The van der Waals surface area contributed by atoms with Crippen molar-refractivity contribution in [3.63, 3.8) is 0 Å². The zero-order valence-corrected chi connectivity index (χ0v) is 13.1. The topological polar surface area (TPSA) is 49.3 Å². The first-order valence-corrected chi connectivity index (χ1v) is 8.88. The molecule has 0 spiro atoms. The van der Waals surface area contributed by atoms with E-state index in [0.29, 0.717) is 0 Å². The number of nitrogens with one attached hydrogen (secondary N) is 1. The molecule has 3 nitrogen and oxygen atoms in total. The van der Waals surface area contributed by atoms with E-state index >= 15 is 0 Å². The molecule has 2 rings (SSSR count). The van der Waals surface area contributed by atoms with Crippen LogP contribution in [0.5, 0.6) is 0 Å². The average Bonchev–Trinajstić information content (AvgIpc) is 2.84. The van der Waals surface area contributed by atoms with Crippen LogP contribution in [0.25, 0.3) is 0 Å². The van der Waals surface area contributed by atoms with Gasteiger partial charge in [0.2, 0.25) is 0 Å². The second-order valence-corrected chi connectivity index (χ2v) is 7.02. The van der Waals surface area contributed by atoms with Gasteiger partial charge in [0.25, 0.3) is 5.91 Å². The van der Waals surface area contributed by atoms with E-state index in [2.05, 4.69) is 5.32 Å². The summed E-state index contributed by atoms with van der Waals surface area (Å²) in [6.07, 6.45) is 6.53. The van der Waals surface area contributed by atoms with E-state index < -0.39 is 0 Å². The first-order valence-electron chi connectivity index (χ1n) is 6.71. The predicted molar refractivity (Wildman–Crippen MR) is 82.3 cm³/mol. The van der Waals surface area contributed by atoms with E-state index in [1.165, 1.54) is 23.3 Å². The van der Waals surface area contributed by atoms with E-state index in [1.54, 1.807) is 23.1 Å². The van der Waals surface area contributed by atoms with Gasteiger partial charge in [0.1, 0.15) is 0 Å². The van der Waals surface area contributed by atoms with Gasteiger partial charge in [-0.05, 0) is 44.4 Å². The van der Waals surface area contributed by atoms with Gasteiger partial charge in [-0.15, -0.1) is 11.3 Å².